The van der Waals surface area contributed by atoms with E-state index in [1.165, 1.54) is 43.4 Å². The third-order valence-electron chi connectivity index (χ3n) is 9.31. The van der Waals surface area contributed by atoms with Crippen molar-refractivity contribution >= 4 is 65.3 Å². The molecule has 0 spiro atoms. The lowest BCUT2D eigenvalue weighted by Crippen LogP contribution is -2.04. The van der Waals surface area contributed by atoms with Crippen LogP contribution in [0, 0.1) is 0 Å². The maximum Gasteiger partial charge on any atom is 0.235 e. The summed E-state index contributed by atoms with van der Waals surface area (Å²) in [7, 11) is 0. The van der Waals surface area contributed by atoms with Crippen molar-refractivity contribution in [2.45, 2.75) is 0 Å². The fraction of sp³-hybridized carbons (Fsp3) is 0. The molecule has 214 valence electrons. The topological polar surface area (TPSA) is 35.6 Å². The number of nitrogens with zero attached hydrogens (tertiary/aromatic N) is 4. The van der Waals surface area contributed by atoms with Crippen molar-refractivity contribution in [2.75, 3.05) is 0 Å². The molecule has 0 bridgehead atoms. The van der Waals surface area contributed by atoms with Gasteiger partial charge in [0, 0.05) is 43.6 Å². The first kappa shape index (κ1) is 25.1. The highest BCUT2D eigenvalue weighted by atomic mass is 15.2. The summed E-state index contributed by atoms with van der Waals surface area (Å²) in [6, 6.07) is 55.9. The molecule has 0 radical (unpaired) electrons. The largest absolute Gasteiger partial charge is 0.309 e. The highest BCUT2D eigenvalue weighted by molar-refractivity contribution is 6.19. The van der Waals surface area contributed by atoms with E-state index in [2.05, 4.69) is 161 Å². The number of benzene rings is 7. The van der Waals surface area contributed by atoms with Gasteiger partial charge >= 0.3 is 0 Å². The van der Waals surface area contributed by atoms with E-state index >= 15 is 0 Å². The molecule has 0 fully saturated rings. The minimum absolute atomic E-state index is 0.660. The van der Waals surface area contributed by atoms with Gasteiger partial charge in [0.25, 0.3) is 0 Å². The van der Waals surface area contributed by atoms with Gasteiger partial charge in [-0.25, -0.2) is 9.97 Å². The van der Waals surface area contributed by atoms with Crippen LogP contribution in [0.2, 0.25) is 0 Å². The van der Waals surface area contributed by atoms with E-state index in [4.69, 9.17) is 9.97 Å². The average Bonchev–Trinajstić information content (AvgIpc) is 3.64. The first-order valence-electron chi connectivity index (χ1n) is 15.6. The molecule has 7 aromatic carbocycles. The molecule has 0 amide bonds. The molecule has 0 unspecified atom stereocenters. The molecule has 4 heteroatoms. The second-order valence-corrected chi connectivity index (χ2v) is 11.8. The van der Waals surface area contributed by atoms with E-state index in [9.17, 15) is 0 Å². The van der Waals surface area contributed by atoms with Gasteiger partial charge in [0.05, 0.1) is 33.3 Å². The van der Waals surface area contributed by atoms with Gasteiger partial charge in [-0.05, 0) is 35.7 Å². The van der Waals surface area contributed by atoms with Gasteiger partial charge in [0.1, 0.15) is 0 Å². The fourth-order valence-electron chi connectivity index (χ4n) is 7.29. The average molecular weight is 587 g/mol. The highest BCUT2D eigenvalue weighted by Crippen LogP contribution is 2.39. The summed E-state index contributed by atoms with van der Waals surface area (Å²) in [5.74, 6) is 0.660. The van der Waals surface area contributed by atoms with Crippen molar-refractivity contribution in [2.24, 2.45) is 0 Å². The van der Waals surface area contributed by atoms with Crippen LogP contribution in [0.1, 0.15) is 0 Å². The number of aromatic nitrogens is 4. The summed E-state index contributed by atoms with van der Waals surface area (Å²) in [6.45, 7) is 0. The first-order valence-corrected chi connectivity index (χ1v) is 15.6. The van der Waals surface area contributed by atoms with Crippen LogP contribution in [0.25, 0.3) is 88.2 Å². The summed E-state index contributed by atoms with van der Waals surface area (Å²) in [5.41, 5.74) is 8.56. The Hall–Kier alpha value is -6.26. The van der Waals surface area contributed by atoms with Crippen LogP contribution in [-0.2, 0) is 0 Å². The monoisotopic (exact) mass is 586 g/mol. The molecule has 0 N–H and O–H groups in total. The number of fused-ring (bicyclic) bond motifs is 9. The predicted octanol–water partition coefficient (Wildman–Crippen LogP) is 10.6. The third kappa shape index (κ3) is 3.55. The van der Waals surface area contributed by atoms with Gasteiger partial charge in [0.15, 0.2) is 0 Å². The Labute approximate surface area is 264 Å². The molecule has 0 aliphatic heterocycles. The van der Waals surface area contributed by atoms with Gasteiger partial charge in [-0.1, -0.05) is 127 Å². The quantitative estimate of drug-likeness (QED) is 0.206. The van der Waals surface area contributed by atoms with Gasteiger partial charge in [-0.2, -0.15) is 0 Å². The second kappa shape index (κ2) is 9.62. The van der Waals surface area contributed by atoms with Gasteiger partial charge in [0.2, 0.25) is 5.95 Å². The van der Waals surface area contributed by atoms with Gasteiger partial charge in [-0.3, -0.25) is 4.57 Å². The highest BCUT2D eigenvalue weighted by Gasteiger charge is 2.20. The second-order valence-electron chi connectivity index (χ2n) is 11.8. The van der Waals surface area contributed by atoms with Crippen molar-refractivity contribution in [3.8, 4) is 22.9 Å². The van der Waals surface area contributed by atoms with E-state index in [0.717, 1.165) is 38.9 Å². The van der Waals surface area contributed by atoms with Crippen molar-refractivity contribution in [1.82, 2.24) is 19.1 Å². The Bertz CT molecular complexity index is 2750. The minimum atomic E-state index is 0.660. The molecule has 0 atom stereocenters. The van der Waals surface area contributed by atoms with Gasteiger partial charge in [-0.15, -0.1) is 0 Å². The molecule has 3 aromatic heterocycles. The zero-order valence-corrected chi connectivity index (χ0v) is 24.8. The van der Waals surface area contributed by atoms with E-state index in [-0.39, 0.29) is 0 Å². The summed E-state index contributed by atoms with van der Waals surface area (Å²) < 4.78 is 4.66. The van der Waals surface area contributed by atoms with Gasteiger partial charge < -0.3 is 4.57 Å². The summed E-state index contributed by atoms with van der Waals surface area (Å²) in [5, 5.41) is 8.24. The lowest BCUT2D eigenvalue weighted by atomic mass is 10.1. The van der Waals surface area contributed by atoms with Crippen LogP contribution in [0.3, 0.4) is 0 Å². The summed E-state index contributed by atoms with van der Waals surface area (Å²) in [6.07, 6.45) is 0. The van der Waals surface area contributed by atoms with Crippen molar-refractivity contribution < 1.29 is 0 Å². The third-order valence-corrected chi connectivity index (χ3v) is 9.31. The molecule has 4 nitrogen and oxygen atoms in total. The number of hydrogen-bond donors (Lipinski definition) is 0. The molecule has 0 saturated heterocycles. The minimum Gasteiger partial charge on any atom is -0.309 e. The van der Waals surface area contributed by atoms with E-state index < -0.39 is 0 Å². The first-order chi connectivity index (χ1) is 22.8. The van der Waals surface area contributed by atoms with Crippen LogP contribution >= 0.6 is 0 Å². The summed E-state index contributed by atoms with van der Waals surface area (Å²) in [4.78, 5) is 10.6. The molecular weight excluding hydrogens is 560 g/mol. The number of para-hydroxylation sites is 3. The molecule has 46 heavy (non-hydrogen) atoms. The Morgan fingerprint density at radius 1 is 0.391 bits per heavy atom. The van der Waals surface area contributed by atoms with E-state index in [0.29, 0.717) is 5.95 Å². The maximum atomic E-state index is 5.36. The lowest BCUT2D eigenvalue weighted by Gasteiger charge is -2.13. The Morgan fingerprint density at radius 3 is 1.78 bits per heavy atom. The van der Waals surface area contributed by atoms with E-state index in [1.54, 1.807) is 0 Å². The Morgan fingerprint density at radius 2 is 1.00 bits per heavy atom. The molecule has 0 aliphatic carbocycles. The van der Waals surface area contributed by atoms with Crippen molar-refractivity contribution in [3.63, 3.8) is 0 Å². The van der Waals surface area contributed by atoms with Crippen LogP contribution in [0.15, 0.2) is 158 Å². The predicted molar refractivity (Wildman–Crippen MR) is 191 cm³/mol. The smallest absolute Gasteiger partial charge is 0.235 e. The molecule has 3 heterocycles. The van der Waals surface area contributed by atoms with Crippen molar-refractivity contribution in [3.05, 3.63) is 158 Å². The van der Waals surface area contributed by atoms with Crippen LogP contribution in [0.4, 0.5) is 0 Å². The van der Waals surface area contributed by atoms with E-state index in [1.807, 2.05) is 6.07 Å². The molecule has 10 aromatic rings. The molecule has 0 saturated carbocycles. The van der Waals surface area contributed by atoms with Crippen LogP contribution in [-0.4, -0.2) is 19.1 Å². The molecule has 0 aliphatic rings. The van der Waals surface area contributed by atoms with Crippen LogP contribution < -0.4 is 0 Å². The number of hydrogen-bond acceptors (Lipinski definition) is 2. The Balaban J connectivity index is 1.36. The molecule has 10 rings (SSSR count). The van der Waals surface area contributed by atoms with Crippen LogP contribution in [0.5, 0.6) is 0 Å². The standard InChI is InChI=1S/C42H26N4/c1-2-13-28(14-3-1)40-35-18-6-9-19-36(35)43-42(44-40)46-39-26-29(45-37-20-10-7-16-31(37)32-17-8-11-21-38(32)45)23-25-33(39)34-24-22-27-12-4-5-15-30(27)41(34)46/h1-26H. The van der Waals surface area contributed by atoms with Crippen molar-refractivity contribution in [1.29, 1.82) is 0 Å². The summed E-state index contributed by atoms with van der Waals surface area (Å²) >= 11 is 0. The maximum absolute atomic E-state index is 5.36. The lowest BCUT2D eigenvalue weighted by molar-refractivity contribution is 1.01. The SMILES string of the molecule is c1ccc(-c2nc(-n3c4cc(-n5c6ccccc6c6ccccc65)ccc4c4ccc5ccccc5c43)nc3ccccc23)cc1. The normalized spacial score (nSPS) is 11.9. The number of rotatable bonds is 3. The Kier molecular flexibility index (Phi) is 5.25. The fourth-order valence-corrected chi connectivity index (χ4v) is 7.29. The molecular formula is C42H26N4. The zero-order chi connectivity index (χ0) is 30.2. The zero-order valence-electron chi connectivity index (χ0n) is 24.8.